The first kappa shape index (κ1) is 16.7. The molecule has 3 aromatic carbocycles. The zero-order valence-corrected chi connectivity index (χ0v) is 13.9. The quantitative estimate of drug-likeness (QED) is 0.556. The Morgan fingerprint density at radius 3 is 2.08 bits per heavy atom. The van der Waals surface area contributed by atoms with Crippen molar-refractivity contribution in [1.29, 1.82) is 0 Å². The van der Waals surface area contributed by atoms with Crippen LogP contribution >= 0.6 is 0 Å². The first-order valence-corrected chi connectivity index (χ1v) is 7.97. The molecule has 0 radical (unpaired) electrons. The van der Waals surface area contributed by atoms with Gasteiger partial charge in [0.25, 0.3) is 5.91 Å². The lowest BCUT2D eigenvalue weighted by Crippen LogP contribution is -2.22. The number of rotatable bonds is 5. The number of hydrogen-bond donors (Lipinski definition) is 1. The minimum absolute atomic E-state index is 0.411. The number of hydrogen-bond acceptors (Lipinski definition) is 3. The Hall–Kier alpha value is -3.11. The fourth-order valence-electron chi connectivity index (χ4n) is 2.47. The fourth-order valence-corrected chi connectivity index (χ4v) is 2.47. The zero-order valence-electron chi connectivity index (χ0n) is 13.9. The first-order chi connectivity index (χ1) is 12.1. The van der Waals surface area contributed by atoms with Gasteiger partial charge in [-0.3, -0.25) is 10.0 Å². The van der Waals surface area contributed by atoms with Crippen molar-refractivity contribution in [3.63, 3.8) is 0 Å². The number of carbonyl (C=O) groups is 1. The maximum atomic E-state index is 11.6. The van der Waals surface area contributed by atoms with Gasteiger partial charge in [0.2, 0.25) is 0 Å². The highest BCUT2D eigenvalue weighted by atomic mass is 16.5. The van der Waals surface area contributed by atoms with Crippen LogP contribution in [0.25, 0.3) is 11.1 Å². The third-order valence-corrected chi connectivity index (χ3v) is 3.86. The Labute approximate surface area is 146 Å². The van der Waals surface area contributed by atoms with E-state index in [-0.39, 0.29) is 0 Å². The second-order valence-corrected chi connectivity index (χ2v) is 5.70. The lowest BCUT2D eigenvalue weighted by atomic mass is 10.1. The summed E-state index contributed by atoms with van der Waals surface area (Å²) in [4.78, 5) is 11.6. The van der Waals surface area contributed by atoms with Gasteiger partial charge in [0.05, 0.1) is 0 Å². The van der Waals surface area contributed by atoms with Gasteiger partial charge in [-0.15, -0.1) is 0 Å². The molecule has 0 aliphatic carbocycles. The summed E-state index contributed by atoms with van der Waals surface area (Å²) in [6, 6.07) is 25.1. The summed E-state index contributed by atoms with van der Waals surface area (Å²) in [5.41, 5.74) is 3.69. The number of nitrogens with zero attached hydrogens (tertiary/aromatic N) is 1. The van der Waals surface area contributed by atoms with Gasteiger partial charge in [0, 0.05) is 12.6 Å². The summed E-state index contributed by atoms with van der Waals surface area (Å²) >= 11 is 0. The minimum Gasteiger partial charge on any atom is -0.489 e. The average Bonchev–Trinajstić information content (AvgIpc) is 2.67. The van der Waals surface area contributed by atoms with Gasteiger partial charge < -0.3 is 4.74 Å². The van der Waals surface area contributed by atoms with E-state index in [1.165, 1.54) is 12.6 Å². The van der Waals surface area contributed by atoms with Crippen LogP contribution in [-0.2, 0) is 6.61 Å². The summed E-state index contributed by atoms with van der Waals surface area (Å²) in [6.45, 7) is 0.411. The van der Waals surface area contributed by atoms with Crippen molar-refractivity contribution in [2.45, 2.75) is 6.61 Å². The molecule has 25 heavy (non-hydrogen) atoms. The third-order valence-electron chi connectivity index (χ3n) is 3.86. The lowest BCUT2D eigenvalue weighted by molar-refractivity contribution is -0.0374. The monoisotopic (exact) mass is 333 g/mol. The topological polar surface area (TPSA) is 49.8 Å². The van der Waals surface area contributed by atoms with E-state index in [1.807, 2.05) is 54.6 Å². The molecule has 4 nitrogen and oxygen atoms in total. The van der Waals surface area contributed by atoms with Crippen molar-refractivity contribution in [3.05, 3.63) is 90.0 Å². The normalized spacial score (nSPS) is 10.3. The Kier molecular flexibility index (Phi) is 5.11. The number of ether oxygens (including phenoxy) is 1. The summed E-state index contributed by atoms with van der Waals surface area (Å²) in [7, 11) is 1.30. The molecule has 0 fully saturated rings. The highest BCUT2D eigenvalue weighted by molar-refractivity contribution is 5.93. The van der Waals surface area contributed by atoms with Gasteiger partial charge in [-0.2, -0.15) is 0 Å². The SMILES string of the molecule is CN(O)C(=O)c1ccc(COc2ccc(-c3ccccc3)cc2)cc1. The maximum absolute atomic E-state index is 11.6. The van der Waals surface area contributed by atoms with E-state index in [1.54, 1.807) is 12.1 Å². The molecule has 3 aromatic rings. The van der Waals surface area contributed by atoms with Crippen molar-refractivity contribution in [1.82, 2.24) is 5.06 Å². The van der Waals surface area contributed by atoms with Crippen LogP contribution in [0.1, 0.15) is 15.9 Å². The van der Waals surface area contributed by atoms with Crippen molar-refractivity contribution >= 4 is 5.91 Å². The molecule has 126 valence electrons. The van der Waals surface area contributed by atoms with E-state index in [0.717, 1.165) is 16.9 Å². The molecule has 0 spiro atoms. The van der Waals surface area contributed by atoms with Crippen molar-refractivity contribution < 1.29 is 14.7 Å². The van der Waals surface area contributed by atoms with E-state index in [2.05, 4.69) is 12.1 Å². The highest BCUT2D eigenvalue weighted by Gasteiger charge is 2.08. The number of benzene rings is 3. The maximum Gasteiger partial charge on any atom is 0.276 e. The molecular weight excluding hydrogens is 314 g/mol. The molecule has 0 saturated carbocycles. The van der Waals surface area contributed by atoms with Crippen LogP contribution in [0.5, 0.6) is 5.75 Å². The molecule has 0 aliphatic heterocycles. The average molecular weight is 333 g/mol. The minimum atomic E-state index is -0.441. The van der Waals surface area contributed by atoms with Gasteiger partial charge in [0.1, 0.15) is 12.4 Å². The Morgan fingerprint density at radius 1 is 0.880 bits per heavy atom. The zero-order chi connectivity index (χ0) is 17.6. The van der Waals surface area contributed by atoms with Crippen LogP contribution in [0.15, 0.2) is 78.9 Å². The predicted molar refractivity (Wildman–Crippen MR) is 96.5 cm³/mol. The first-order valence-electron chi connectivity index (χ1n) is 7.97. The van der Waals surface area contributed by atoms with Gasteiger partial charge in [0.15, 0.2) is 0 Å². The fraction of sp³-hybridized carbons (Fsp3) is 0.0952. The molecular formula is C21H19NO3. The largest absolute Gasteiger partial charge is 0.489 e. The van der Waals surface area contributed by atoms with Crippen LogP contribution in [0.4, 0.5) is 0 Å². The Bertz CT molecular complexity index is 825. The molecule has 0 aromatic heterocycles. The van der Waals surface area contributed by atoms with Gasteiger partial charge in [-0.25, -0.2) is 5.06 Å². The molecule has 1 N–H and O–H groups in total. The van der Waals surface area contributed by atoms with Gasteiger partial charge in [-0.05, 0) is 41.0 Å². The number of amides is 1. The second-order valence-electron chi connectivity index (χ2n) is 5.70. The smallest absolute Gasteiger partial charge is 0.276 e. The molecule has 0 bridgehead atoms. The molecule has 0 aliphatic rings. The molecule has 3 rings (SSSR count). The van der Waals surface area contributed by atoms with Crippen LogP contribution in [0, 0.1) is 0 Å². The Morgan fingerprint density at radius 2 is 1.48 bits per heavy atom. The van der Waals surface area contributed by atoms with Crippen LogP contribution in [0.2, 0.25) is 0 Å². The van der Waals surface area contributed by atoms with Gasteiger partial charge >= 0.3 is 0 Å². The van der Waals surface area contributed by atoms with Crippen LogP contribution < -0.4 is 4.74 Å². The van der Waals surface area contributed by atoms with Crippen molar-refractivity contribution in [2.75, 3.05) is 7.05 Å². The molecule has 4 heteroatoms. The molecule has 0 saturated heterocycles. The summed E-state index contributed by atoms with van der Waals surface area (Å²) < 4.78 is 5.79. The summed E-state index contributed by atoms with van der Waals surface area (Å²) in [6.07, 6.45) is 0. The highest BCUT2D eigenvalue weighted by Crippen LogP contribution is 2.22. The van der Waals surface area contributed by atoms with Gasteiger partial charge in [-0.1, -0.05) is 54.6 Å². The third kappa shape index (κ3) is 4.25. The van der Waals surface area contributed by atoms with E-state index >= 15 is 0 Å². The number of hydroxylamine groups is 2. The second kappa shape index (κ2) is 7.64. The Balaban J connectivity index is 1.61. The lowest BCUT2D eigenvalue weighted by Gasteiger charge is -2.10. The van der Waals surface area contributed by atoms with E-state index in [4.69, 9.17) is 9.94 Å². The molecule has 0 unspecified atom stereocenters. The molecule has 0 atom stereocenters. The summed E-state index contributed by atoms with van der Waals surface area (Å²) in [5.74, 6) is 0.346. The van der Waals surface area contributed by atoms with Crippen LogP contribution in [-0.4, -0.2) is 23.2 Å². The van der Waals surface area contributed by atoms with E-state index in [9.17, 15) is 4.79 Å². The molecule has 0 heterocycles. The van der Waals surface area contributed by atoms with Crippen molar-refractivity contribution in [3.8, 4) is 16.9 Å². The van der Waals surface area contributed by atoms with E-state index in [0.29, 0.717) is 17.2 Å². The van der Waals surface area contributed by atoms with Crippen LogP contribution in [0.3, 0.4) is 0 Å². The standard InChI is InChI=1S/C21H19NO3/c1-22(24)21(23)19-9-7-16(8-10-19)15-25-20-13-11-18(12-14-20)17-5-3-2-4-6-17/h2-14,24H,15H2,1H3. The van der Waals surface area contributed by atoms with Crippen molar-refractivity contribution in [2.24, 2.45) is 0 Å². The number of carbonyl (C=O) groups excluding carboxylic acids is 1. The predicted octanol–water partition coefficient (Wildman–Crippen LogP) is 4.39. The summed E-state index contributed by atoms with van der Waals surface area (Å²) in [5, 5.41) is 9.73. The van der Waals surface area contributed by atoms with E-state index < -0.39 is 5.91 Å². The molecule has 1 amide bonds.